The molecule has 104 valence electrons. The lowest BCUT2D eigenvalue weighted by atomic mass is 10.1. The number of nitrogens with one attached hydrogen (secondary N) is 1. The Bertz CT molecular complexity index is 547. The predicted molar refractivity (Wildman–Crippen MR) is 70.0 cm³/mol. The molecule has 0 spiro atoms. The Morgan fingerprint density at radius 1 is 1.47 bits per heavy atom. The molecule has 8 heteroatoms. The summed E-state index contributed by atoms with van der Waals surface area (Å²) >= 11 is 2.09. The van der Waals surface area contributed by atoms with Crippen molar-refractivity contribution in [3.63, 3.8) is 0 Å². The smallest absolute Gasteiger partial charge is 0.271 e. The number of aryl methyl sites for hydroxylation is 1. The molecular formula is C11H12F3N3S2. The third-order valence-electron chi connectivity index (χ3n) is 2.64. The highest BCUT2D eigenvalue weighted by atomic mass is 32.1. The van der Waals surface area contributed by atoms with Crippen LogP contribution in [-0.4, -0.2) is 4.98 Å². The minimum atomic E-state index is -4.41. The monoisotopic (exact) mass is 307 g/mol. The van der Waals surface area contributed by atoms with Gasteiger partial charge in [-0.25, -0.2) is 10.4 Å². The summed E-state index contributed by atoms with van der Waals surface area (Å²) in [5.41, 5.74) is 3.65. The fourth-order valence-corrected chi connectivity index (χ4v) is 3.73. The molecule has 0 aromatic carbocycles. The number of thiophene rings is 1. The summed E-state index contributed by atoms with van der Waals surface area (Å²) in [6.07, 6.45) is -2.37. The van der Waals surface area contributed by atoms with Crippen LogP contribution in [0.3, 0.4) is 0 Å². The van der Waals surface area contributed by atoms with Gasteiger partial charge in [-0.15, -0.1) is 22.7 Å². The predicted octanol–water partition coefficient (Wildman–Crippen LogP) is 3.34. The highest BCUT2D eigenvalue weighted by Gasteiger charge is 2.35. The molecule has 3 N–H and O–H groups in total. The lowest BCUT2D eigenvalue weighted by molar-refractivity contribution is -0.137. The number of nitrogens with two attached hydrogens (primary N) is 1. The van der Waals surface area contributed by atoms with Crippen LogP contribution in [-0.2, 0) is 12.6 Å². The SMILES string of the molecule is CCc1ccsc1C(NN)c1cnc(C(F)(F)F)s1. The molecule has 2 rings (SSSR count). The fraction of sp³-hybridized carbons (Fsp3) is 0.364. The van der Waals surface area contributed by atoms with Gasteiger partial charge in [-0.05, 0) is 23.4 Å². The third-order valence-corrected chi connectivity index (χ3v) is 4.77. The maximum Gasteiger partial charge on any atom is 0.443 e. The molecule has 2 aromatic rings. The van der Waals surface area contributed by atoms with Gasteiger partial charge in [-0.3, -0.25) is 5.84 Å². The van der Waals surface area contributed by atoms with Crippen LogP contribution in [0.4, 0.5) is 13.2 Å². The molecule has 0 bridgehead atoms. The number of rotatable bonds is 4. The normalized spacial score (nSPS) is 13.7. The molecule has 19 heavy (non-hydrogen) atoms. The van der Waals surface area contributed by atoms with Crippen molar-refractivity contribution in [2.24, 2.45) is 5.84 Å². The molecule has 1 unspecified atom stereocenters. The van der Waals surface area contributed by atoms with E-state index in [1.165, 1.54) is 17.5 Å². The second kappa shape index (κ2) is 5.58. The van der Waals surface area contributed by atoms with Crippen LogP contribution in [0.1, 0.15) is 33.3 Å². The van der Waals surface area contributed by atoms with Crippen LogP contribution in [0, 0.1) is 0 Å². The van der Waals surface area contributed by atoms with Gasteiger partial charge in [0.05, 0.1) is 6.04 Å². The molecule has 0 amide bonds. The molecular weight excluding hydrogens is 295 g/mol. The van der Waals surface area contributed by atoms with Gasteiger partial charge in [-0.2, -0.15) is 13.2 Å². The van der Waals surface area contributed by atoms with Gasteiger partial charge in [0.15, 0.2) is 5.01 Å². The van der Waals surface area contributed by atoms with Gasteiger partial charge in [0.2, 0.25) is 0 Å². The first-order valence-corrected chi connectivity index (χ1v) is 7.22. The van der Waals surface area contributed by atoms with Crippen molar-refractivity contribution in [1.82, 2.24) is 10.4 Å². The van der Waals surface area contributed by atoms with E-state index in [-0.39, 0.29) is 0 Å². The molecule has 0 aliphatic carbocycles. The minimum absolute atomic E-state index is 0.441. The largest absolute Gasteiger partial charge is 0.443 e. The van der Waals surface area contributed by atoms with Crippen molar-refractivity contribution in [2.45, 2.75) is 25.6 Å². The number of nitrogens with zero attached hydrogens (tertiary/aromatic N) is 1. The molecule has 2 heterocycles. The van der Waals surface area contributed by atoms with Gasteiger partial charge in [0.25, 0.3) is 0 Å². The maximum atomic E-state index is 12.6. The zero-order valence-corrected chi connectivity index (χ0v) is 11.6. The molecule has 2 aromatic heterocycles. The number of hydrogen-bond donors (Lipinski definition) is 2. The van der Waals surface area contributed by atoms with Crippen LogP contribution in [0.15, 0.2) is 17.6 Å². The van der Waals surface area contributed by atoms with Crippen LogP contribution in [0.2, 0.25) is 0 Å². The fourth-order valence-electron chi connectivity index (χ4n) is 1.73. The number of hydrogen-bond acceptors (Lipinski definition) is 5. The molecule has 0 aliphatic heterocycles. The standard InChI is InChI=1S/C11H12F3N3S2/c1-2-6-3-4-18-9(6)8(17-15)7-5-16-10(19-7)11(12,13)14/h3-5,8,17H,2,15H2,1H3. The highest BCUT2D eigenvalue weighted by Crippen LogP contribution is 2.37. The Morgan fingerprint density at radius 2 is 2.21 bits per heavy atom. The van der Waals surface area contributed by atoms with Crippen molar-refractivity contribution in [1.29, 1.82) is 0 Å². The topological polar surface area (TPSA) is 50.9 Å². The van der Waals surface area contributed by atoms with Gasteiger partial charge >= 0.3 is 6.18 Å². The summed E-state index contributed by atoms with van der Waals surface area (Å²) < 4.78 is 37.7. The van der Waals surface area contributed by atoms with E-state index in [1.54, 1.807) is 0 Å². The number of thiazole rings is 1. The quantitative estimate of drug-likeness (QED) is 0.673. The van der Waals surface area contributed by atoms with Gasteiger partial charge in [-0.1, -0.05) is 6.92 Å². The third kappa shape index (κ3) is 2.97. The Hall–Kier alpha value is -0.960. The van der Waals surface area contributed by atoms with Crippen molar-refractivity contribution < 1.29 is 13.2 Å². The summed E-state index contributed by atoms with van der Waals surface area (Å²) in [6, 6.07) is 1.51. The average molecular weight is 307 g/mol. The van der Waals surface area contributed by atoms with E-state index in [0.29, 0.717) is 16.2 Å². The lowest BCUT2D eigenvalue weighted by Crippen LogP contribution is -2.28. The van der Waals surface area contributed by atoms with Crippen molar-refractivity contribution in [3.05, 3.63) is 38.0 Å². The first-order valence-electron chi connectivity index (χ1n) is 5.52. The summed E-state index contributed by atoms with van der Waals surface area (Å²) in [6.45, 7) is 1.99. The Labute approximate surface area is 116 Å². The zero-order valence-electron chi connectivity index (χ0n) is 9.99. The number of halogens is 3. The number of alkyl halides is 3. The highest BCUT2D eigenvalue weighted by molar-refractivity contribution is 7.12. The average Bonchev–Trinajstić information content (AvgIpc) is 2.97. The molecule has 3 nitrogen and oxygen atoms in total. The number of hydrazine groups is 1. The second-order valence-corrected chi connectivity index (χ2v) is 5.84. The molecule has 0 aliphatic rings. The van der Waals surface area contributed by atoms with Crippen molar-refractivity contribution in [3.8, 4) is 0 Å². The van der Waals surface area contributed by atoms with Crippen LogP contribution in [0.5, 0.6) is 0 Å². The first-order chi connectivity index (χ1) is 8.97. The Morgan fingerprint density at radius 3 is 2.74 bits per heavy atom. The van der Waals surface area contributed by atoms with Gasteiger partial charge < -0.3 is 0 Å². The van der Waals surface area contributed by atoms with E-state index in [2.05, 4.69) is 10.4 Å². The maximum absolute atomic E-state index is 12.6. The van der Waals surface area contributed by atoms with E-state index >= 15 is 0 Å². The van der Waals surface area contributed by atoms with E-state index in [4.69, 9.17) is 5.84 Å². The Kier molecular flexibility index (Phi) is 4.24. The van der Waals surface area contributed by atoms with E-state index < -0.39 is 17.2 Å². The van der Waals surface area contributed by atoms with Crippen molar-refractivity contribution >= 4 is 22.7 Å². The molecule has 0 fully saturated rings. The van der Waals surface area contributed by atoms with E-state index in [1.807, 2.05) is 18.4 Å². The van der Waals surface area contributed by atoms with Crippen LogP contribution < -0.4 is 11.3 Å². The van der Waals surface area contributed by atoms with E-state index in [0.717, 1.165) is 16.9 Å². The molecule has 0 saturated heterocycles. The summed E-state index contributed by atoms with van der Waals surface area (Å²) in [7, 11) is 0. The van der Waals surface area contributed by atoms with E-state index in [9.17, 15) is 13.2 Å². The summed E-state index contributed by atoms with van der Waals surface area (Å²) in [5, 5.41) is 1.06. The molecule has 0 radical (unpaired) electrons. The lowest BCUT2D eigenvalue weighted by Gasteiger charge is -2.14. The Balaban J connectivity index is 2.35. The first kappa shape index (κ1) is 14.4. The van der Waals surface area contributed by atoms with Crippen LogP contribution >= 0.6 is 22.7 Å². The number of aromatic nitrogens is 1. The van der Waals surface area contributed by atoms with Crippen LogP contribution in [0.25, 0.3) is 0 Å². The van der Waals surface area contributed by atoms with Gasteiger partial charge in [0.1, 0.15) is 0 Å². The van der Waals surface area contributed by atoms with Crippen molar-refractivity contribution in [2.75, 3.05) is 0 Å². The minimum Gasteiger partial charge on any atom is -0.271 e. The molecule has 1 atom stereocenters. The second-order valence-electron chi connectivity index (χ2n) is 3.83. The zero-order chi connectivity index (χ0) is 14.0. The summed E-state index contributed by atoms with van der Waals surface area (Å²) in [5.74, 6) is 5.49. The summed E-state index contributed by atoms with van der Waals surface area (Å²) in [4.78, 5) is 4.82. The van der Waals surface area contributed by atoms with Gasteiger partial charge in [0, 0.05) is 16.0 Å². The molecule has 0 saturated carbocycles.